The maximum absolute atomic E-state index is 12.3. The summed E-state index contributed by atoms with van der Waals surface area (Å²) >= 11 is 8.88. The van der Waals surface area contributed by atoms with Gasteiger partial charge in [-0.1, -0.05) is 29.4 Å². The minimum absolute atomic E-state index is 0.135. The second kappa shape index (κ2) is 10.4. The van der Waals surface area contributed by atoms with E-state index in [1.54, 1.807) is 36.8 Å². The maximum Gasteiger partial charge on any atom is 0.250 e. The number of benzene rings is 2. The summed E-state index contributed by atoms with van der Waals surface area (Å²) in [6.07, 6.45) is 1.62. The van der Waals surface area contributed by atoms with E-state index >= 15 is 0 Å². The SMILES string of the molecule is COc1ccc(-c2nnc(SCC(=O)NN=Cc3cccs3)n2-c2ccc(Cl)cc2)cc1. The van der Waals surface area contributed by atoms with Crippen molar-refractivity contribution in [2.75, 3.05) is 12.9 Å². The Labute approximate surface area is 198 Å². The zero-order valence-corrected chi connectivity index (χ0v) is 19.3. The van der Waals surface area contributed by atoms with Crippen LogP contribution in [0.4, 0.5) is 0 Å². The average Bonchev–Trinajstić information content (AvgIpc) is 3.48. The lowest BCUT2D eigenvalue weighted by Crippen LogP contribution is -2.19. The number of ether oxygens (including phenoxy) is 1. The minimum atomic E-state index is -0.237. The smallest absolute Gasteiger partial charge is 0.250 e. The van der Waals surface area contributed by atoms with E-state index in [9.17, 15) is 4.79 Å². The first-order chi connectivity index (χ1) is 15.6. The number of amides is 1. The van der Waals surface area contributed by atoms with Crippen molar-refractivity contribution in [3.63, 3.8) is 0 Å². The Morgan fingerprint density at radius 1 is 1.19 bits per heavy atom. The van der Waals surface area contributed by atoms with E-state index in [1.165, 1.54) is 11.8 Å². The third-order valence-electron chi connectivity index (χ3n) is 4.32. The molecule has 162 valence electrons. The minimum Gasteiger partial charge on any atom is -0.497 e. The third kappa shape index (κ3) is 5.37. The Balaban J connectivity index is 1.55. The summed E-state index contributed by atoms with van der Waals surface area (Å²) < 4.78 is 7.14. The third-order valence-corrected chi connectivity index (χ3v) is 6.31. The van der Waals surface area contributed by atoms with Gasteiger partial charge < -0.3 is 4.74 Å². The number of thioether (sulfide) groups is 1. The van der Waals surface area contributed by atoms with Gasteiger partial charge in [-0.2, -0.15) is 5.10 Å². The van der Waals surface area contributed by atoms with Crippen LogP contribution < -0.4 is 10.2 Å². The van der Waals surface area contributed by atoms with E-state index in [0.29, 0.717) is 16.0 Å². The molecule has 0 spiro atoms. The van der Waals surface area contributed by atoms with Crippen LogP contribution in [0.2, 0.25) is 5.02 Å². The summed E-state index contributed by atoms with van der Waals surface area (Å²) in [5.74, 6) is 1.30. The number of thiophene rings is 1. The van der Waals surface area contributed by atoms with E-state index in [-0.39, 0.29) is 11.7 Å². The molecule has 0 atom stereocenters. The van der Waals surface area contributed by atoms with Gasteiger partial charge in [-0.25, -0.2) is 5.43 Å². The Morgan fingerprint density at radius 3 is 2.66 bits per heavy atom. The van der Waals surface area contributed by atoms with Gasteiger partial charge in [-0.15, -0.1) is 21.5 Å². The van der Waals surface area contributed by atoms with Crippen molar-refractivity contribution in [2.24, 2.45) is 5.10 Å². The van der Waals surface area contributed by atoms with E-state index in [1.807, 2.05) is 58.5 Å². The van der Waals surface area contributed by atoms with Crippen molar-refractivity contribution in [3.8, 4) is 22.8 Å². The van der Waals surface area contributed by atoms with Crippen molar-refractivity contribution in [2.45, 2.75) is 5.16 Å². The van der Waals surface area contributed by atoms with Crippen LogP contribution in [0.5, 0.6) is 5.75 Å². The first kappa shape index (κ1) is 22.1. The van der Waals surface area contributed by atoms with Crippen molar-refractivity contribution in [1.82, 2.24) is 20.2 Å². The zero-order valence-electron chi connectivity index (χ0n) is 16.9. The Hall–Kier alpha value is -3.14. The Bertz CT molecular complexity index is 1210. The fourth-order valence-corrected chi connectivity index (χ4v) is 4.26. The number of hydrogen-bond acceptors (Lipinski definition) is 7. The van der Waals surface area contributed by atoms with Crippen LogP contribution >= 0.6 is 34.7 Å². The average molecular weight is 484 g/mol. The molecule has 2 heterocycles. The van der Waals surface area contributed by atoms with Crippen molar-refractivity contribution in [1.29, 1.82) is 0 Å². The molecule has 0 radical (unpaired) electrons. The highest BCUT2D eigenvalue weighted by Gasteiger charge is 2.17. The molecule has 0 bridgehead atoms. The molecule has 10 heteroatoms. The Morgan fingerprint density at radius 2 is 1.97 bits per heavy atom. The number of halogens is 1. The molecule has 2 aromatic heterocycles. The van der Waals surface area contributed by atoms with Gasteiger partial charge in [0, 0.05) is 21.2 Å². The number of carbonyl (C=O) groups is 1. The van der Waals surface area contributed by atoms with Crippen LogP contribution in [0.15, 0.2) is 76.3 Å². The lowest BCUT2D eigenvalue weighted by atomic mass is 10.2. The topological polar surface area (TPSA) is 81.4 Å². The molecule has 0 saturated carbocycles. The number of aromatic nitrogens is 3. The van der Waals surface area contributed by atoms with E-state index in [2.05, 4.69) is 20.7 Å². The number of nitrogens with zero attached hydrogens (tertiary/aromatic N) is 4. The summed E-state index contributed by atoms with van der Waals surface area (Å²) in [6.45, 7) is 0. The summed E-state index contributed by atoms with van der Waals surface area (Å²) in [4.78, 5) is 13.2. The number of hydrazone groups is 1. The molecule has 0 unspecified atom stereocenters. The quantitative estimate of drug-likeness (QED) is 0.219. The van der Waals surface area contributed by atoms with Crippen LogP contribution in [-0.2, 0) is 4.79 Å². The van der Waals surface area contributed by atoms with Crippen LogP contribution in [0.25, 0.3) is 17.1 Å². The van der Waals surface area contributed by atoms with E-state index < -0.39 is 0 Å². The molecular weight excluding hydrogens is 466 g/mol. The highest BCUT2D eigenvalue weighted by Crippen LogP contribution is 2.29. The summed E-state index contributed by atoms with van der Waals surface area (Å²) in [5.41, 5.74) is 4.24. The van der Waals surface area contributed by atoms with E-state index in [0.717, 1.165) is 21.9 Å². The fraction of sp³-hybridized carbons (Fsp3) is 0.0909. The number of carbonyl (C=O) groups excluding carboxylic acids is 1. The zero-order chi connectivity index (χ0) is 22.3. The second-order valence-corrected chi connectivity index (χ2v) is 8.80. The molecule has 7 nitrogen and oxygen atoms in total. The van der Waals surface area contributed by atoms with Gasteiger partial charge in [0.15, 0.2) is 11.0 Å². The molecule has 0 saturated heterocycles. The van der Waals surface area contributed by atoms with Gasteiger partial charge in [0.05, 0.1) is 19.1 Å². The van der Waals surface area contributed by atoms with Crippen molar-refractivity contribution in [3.05, 3.63) is 75.9 Å². The standard InChI is InChI=1S/C22H18ClN5O2S2/c1-30-18-10-4-15(5-11-18)21-26-27-22(28(21)17-8-6-16(23)7-9-17)32-14-20(29)25-24-13-19-3-2-12-31-19/h2-13H,14H2,1H3,(H,25,29). The highest BCUT2D eigenvalue weighted by molar-refractivity contribution is 7.99. The molecule has 4 rings (SSSR count). The summed E-state index contributed by atoms with van der Waals surface area (Å²) in [5, 5.41) is 15.8. The van der Waals surface area contributed by atoms with Gasteiger partial charge in [-0.05, 0) is 60.0 Å². The normalized spacial score (nSPS) is 11.1. The predicted octanol–water partition coefficient (Wildman–Crippen LogP) is 4.90. The molecule has 32 heavy (non-hydrogen) atoms. The molecule has 1 N–H and O–H groups in total. The molecule has 0 aliphatic carbocycles. The molecule has 0 fully saturated rings. The second-order valence-electron chi connectivity index (χ2n) is 6.44. The summed E-state index contributed by atoms with van der Waals surface area (Å²) in [6, 6.07) is 18.8. The van der Waals surface area contributed by atoms with Crippen LogP contribution in [0, 0.1) is 0 Å². The largest absolute Gasteiger partial charge is 0.497 e. The predicted molar refractivity (Wildman–Crippen MR) is 129 cm³/mol. The first-order valence-electron chi connectivity index (χ1n) is 9.48. The molecular formula is C22H18ClN5O2S2. The molecule has 4 aromatic rings. The molecule has 0 aliphatic heterocycles. The van der Waals surface area contributed by atoms with Crippen LogP contribution in [0.1, 0.15) is 4.88 Å². The van der Waals surface area contributed by atoms with Gasteiger partial charge in [0.25, 0.3) is 5.91 Å². The highest BCUT2D eigenvalue weighted by atomic mass is 35.5. The van der Waals surface area contributed by atoms with Crippen molar-refractivity contribution < 1.29 is 9.53 Å². The monoisotopic (exact) mass is 483 g/mol. The maximum atomic E-state index is 12.3. The Kier molecular flexibility index (Phi) is 7.21. The number of nitrogens with one attached hydrogen (secondary N) is 1. The molecule has 0 aliphatic rings. The van der Waals surface area contributed by atoms with Gasteiger partial charge >= 0.3 is 0 Å². The first-order valence-corrected chi connectivity index (χ1v) is 11.7. The molecule has 2 aromatic carbocycles. The van der Waals surface area contributed by atoms with Crippen molar-refractivity contribution >= 4 is 46.8 Å². The fourth-order valence-electron chi connectivity index (χ4n) is 2.81. The summed E-state index contributed by atoms with van der Waals surface area (Å²) in [7, 11) is 1.62. The van der Waals surface area contributed by atoms with Gasteiger partial charge in [0.1, 0.15) is 5.75 Å². The lowest BCUT2D eigenvalue weighted by Gasteiger charge is -2.11. The van der Waals surface area contributed by atoms with Crippen LogP contribution in [-0.4, -0.2) is 39.7 Å². The van der Waals surface area contributed by atoms with Crippen LogP contribution in [0.3, 0.4) is 0 Å². The van der Waals surface area contributed by atoms with Gasteiger partial charge in [0.2, 0.25) is 0 Å². The number of rotatable bonds is 8. The lowest BCUT2D eigenvalue weighted by molar-refractivity contribution is -0.118. The molecule has 1 amide bonds. The number of hydrogen-bond donors (Lipinski definition) is 1. The van der Waals surface area contributed by atoms with E-state index in [4.69, 9.17) is 16.3 Å². The van der Waals surface area contributed by atoms with Gasteiger partial charge in [-0.3, -0.25) is 9.36 Å². The number of methoxy groups -OCH3 is 1.